The monoisotopic (exact) mass is 308 g/mol. The van der Waals surface area contributed by atoms with Crippen molar-refractivity contribution >= 4 is 17.8 Å². The molecule has 21 heavy (non-hydrogen) atoms. The third-order valence-electron chi connectivity index (χ3n) is 3.92. The molecule has 0 saturated heterocycles. The van der Waals surface area contributed by atoms with Crippen LogP contribution in [0.2, 0.25) is 0 Å². The van der Waals surface area contributed by atoms with Crippen LogP contribution in [0.5, 0.6) is 0 Å². The molecule has 2 unspecified atom stereocenters. The Morgan fingerprint density at radius 3 is 2.76 bits per heavy atom. The van der Waals surface area contributed by atoms with E-state index in [4.69, 9.17) is 0 Å². The van der Waals surface area contributed by atoms with Gasteiger partial charge in [-0.1, -0.05) is 30.3 Å². The molecule has 2 atom stereocenters. The van der Waals surface area contributed by atoms with Crippen LogP contribution in [0, 0.1) is 0 Å². The molecule has 1 saturated carbocycles. The first-order valence-corrected chi connectivity index (χ1v) is 8.74. The van der Waals surface area contributed by atoms with Crippen LogP contribution < -0.4 is 5.32 Å². The summed E-state index contributed by atoms with van der Waals surface area (Å²) in [5.41, 5.74) is 1.08. The minimum absolute atomic E-state index is 0.0155. The molecule has 1 aliphatic rings. The summed E-state index contributed by atoms with van der Waals surface area (Å²) in [5, 5.41) is 13.0. The molecule has 2 N–H and O–H groups in total. The zero-order chi connectivity index (χ0) is 15.1. The summed E-state index contributed by atoms with van der Waals surface area (Å²) >= 11 is 1.88. The number of carbonyl (C=O) groups excluding carboxylic acids is 1. The molecular formula is C16H24N2O2S. The zero-order valence-electron chi connectivity index (χ0n) is 12.5. The van der Waals surface area contributed by atoms with Crippen molar-refractivity contribution in [1.82, 2.24) is 10.2 Å². The summed E-state index contributed by atoms with van der Waals surface area (Å²) in [6, 6.07) is 10.1. The number of amides is 2. The van der Waals surface area contributed by atoms with E-state index < -0.39 is 0 Å². The lowest BCUT2D eigenvalue weighted by molar-refractivity contribution is 0.171. The number of thioether (sulfide) groups is 1. The van der Waals surface area contributed by atoms with Gasteiger partial charge < -0.3 is 15.3 Å². The van der Waals surface area contributed by atoms with E-state index in [1.165, 1.54) is 6.42 Å². The molecule has 1 aromatic carbocycles. The number of urea groups is 1. The SMILES string of the molecule is CSC1CCC(NC(=O)N(CCO)Cc2ccccc2)C1. The van der Waals surface area contributed by atoms with Crippen molar-refractivity contribution in [3.05, 3.63) is 35.9 Å². The number of hydrogen-bond acceptors (Lipinski definition) is 3. The Balaban J connectivity index is 1.90. The topological polar surface area (TPSA) is 52.6 Å². The Kier molecular flexibility index (Phi) is 6.39. The predicted molar refractivity (Wildman–Crippen MR) is 87.4 cm³/mol. The lowest BCUT2D eigenvalue weighted by Gasteiger charge is -2.24. The van der Waals surface area contributed by atoms with Crippen molar-refractivity contribution in [3.63, 3.8) is 0 Å². The van der Waals surface area contributed by atoms with Gasteiger partial charge in [-0.2, -0.15) is 11.8 Å². The third-order valence-corrected chi connectivity index (χ3v) is 5.01. The number of aliphatic hydroxyl groups excluding tert-OH is 1. The molecule has 1 aliphatic carbocycles. The normalized spacial score (nSPS) is 21.2. The molecule has 0 heterocycles. The van der Waals surface area contributed by atoms with E-state index in [0.29, 0.717) is 18.3 Å². The highest BCUT2D eigenvalue weighted by molar-refractivity contribution is 7.99. The second-order valence-corrected chi connectivity index (χ2v) is 6.59. The van der Waals surface area contributed by atoms with Crippen LogP contribution in [0.1, 0.15) is 24.8 Å². The molecule has 2 amide bonds. The predicted octanol–water partition coefficient (Wildman–Crippen LogP) is 2.47. The first-order chi connectivity index (χ1) is 10.2. The van der Waals surface area contributed by atoms with Crippen LogP contribution in [-0.4, -0.2) is 46.7 Å². The van der Waals surface area contributed by atoms with Crippen molar-refractivity contribution in [3.8, 4) is 0 Å². The van der Waals surface area contributed by atoms with E-state index in [9.17, 15) is 9.90 Å². The van der Waals surface area contributed by atoms with E-state index in [-0.39, 0.29) is 18.7 Å². The van der Waals surface area contributed by atoms with Crippen molar-refractivity contribution in [2.24, 2.45) is 0 Å². The lowest BCUT2D eigenvalue weighted by atomic mass is 10.2. The molecule has 5 heteroatoms. The maximum atomic E-state index is 12.4. The fourth-order valence-electron chi connectivity index (χ4n) is 2.73. The maximum absolute atomic E-state index is 12.4. The van der Waals surface area contributed by atoms with Crippen molar-refractivity contribution < 1.29 is 9.90 Å². The maximum Gasteiger partial charge on any atom is 0.317 e. The Labute approximate surface area is 130 Å². The highest BCUT2D eigenvalue weighted by Crippen LogP contribution is 2.28. The van der Waals surface area contributed by atoms with Crippen molar-refractivity contribution in [2.45, 2.75) is 37.1 Å². The molecular weight excluding hydrogens is 284 g/mol. The van der Waals surface area contributed by atoms with Gasteiger partial charge in [-0.15, -0.1) is 0 Å². The number of aliphatic hydroxyl groups is 1. The average molecular weight is 308 g/mol. The van der Waals surface area contributed by atoms with Gasteiger partial charge in [0.2, 0.25) is 0 Å². The van der Waals surface area contributed by atoms with Gasteiger partial charge in [-0.3, -0.25) is 0 Å². The minimum Gasteiger partial charge on any atom is -0.395 e. The Morgan fingerprint density at radius 2 is 2.14 bits per heavy atom. The van der Waals surface area contributed by atoms with Gasteiger partial charge in [0, 0.05) is 24.4 Å². The third kappa shape index (κ3) is 4.93. The molecule has 4 nitrogen and oxygen atoms in total. The molecule has 0 bridgehead atoms. The molecule has 1 aromatic rings. The smallest absolute Gasteiger partial charge is 0.317 e. The summed E-state index contributed by atoms with van der Waals surface area (Å²) in [6.45, 7) is 0.879. The summed E-state index contributed by atoms with van der Waals surface area (Å²) in [5.74, 6) is 0. The molecule has 0 spiro atoms. The van der Waals surface area contributed by atoms with Crippen molar-refractivity contribution in [2.75, 3.05) is 19.4 Å². The van der Waals surface area contributed by atoms with Crippen LogP contribution in [0.4, 0.5) is 4.79 Å². The van der Waals surface area contributed by atoms with Crippen LogP contribution in [0.25, 0.3) is 0 Å². The van der Waals surface area contributed by atoms with E-state index in [2.05, 4.69) is 11.6 Å². The lowest BCUT2D eigenvalue weighted by Crippen LogP contribution is -2.44. The molecule has 116 valence electrons. The van der Waals surface area contributed by atoms with E-state index in [0.717, 1.165) is 18.4 Å². The first-order valence-electron chi connectivity index (χ1n) is 7.46. The summed E-state index contributed by atoms with van der Waals surface area (Å²) in [6.07, 6.45) is 5.40. The Bertz CT molecular complexity index is 441. The minimum atomic E-state index is -0.0698. The highest BCUT2D eigenvalue weighted by atomic mass is 32.2. The fraction of sp³-hybridized carbons (Fsp3) is 0.562. The molecule has 2 rings (SSSR count). The number of hydrogen-bond donors (Lipinski definition) is 2. The van der Waals surface area contributed by atoms with E-state index >= 15 is 0 Å². The van der Waals surface area contributed by atoms with Gasteiger partial charge >= 0.3 is 6.03 Å². The highest BCUT2D eigenvalue weighted by Gasteiger charge is 2.26. The van der Waals surface area contributed by atoms with Gasteiger partial charge in [0.1, 0.15) is 0 Å². The summed E-state index contributed by atoms with van der Waals surface area (Å²) in [4.78, 5) is 14.1. The van der Waals surface area contributed by atoms with E-state index in [1.54, 1.807) is 4.90 Å². The molecule has 1 fully saturated rings. The van der Waals surface area contributed by atoms with Gasteiger partial charge in [0.05, 0.1) is 6.61 Å². The number of carbonyl (C=O) groups is 1. The molecule has 0 radical (unpaired) electrons. The van der Waals surface area contributed by atoms with Gasteiger partial charge in [-0.25, -0.2) is 4.79 Å². The number of benzene rings is 1. The largest absolute Gasteiger partial charge is 0.395 e. The molecule has 0 aromatic heterocycles. The Hall–Kier alpha value is -1.20. The first kappa shape index (κ1) is 16.2. The number of nitrogens with one attached hydrogen (secondary N) is 1. The van der Waals surface area contributed by atoms with Gasteiger partial charge in [-0.05, 0) is 31.1 Å². The van der Waals surface area contributed by atoms with Crippen LogP contribution in [0.3, 0.4) is 0 Å². The van der Waals surface area contributed by atoms with Crippen LogP contribution in [-0.2, 0) is 6.54 Å². The quantitative estimate of drug-likeness (QED) is 0.849. The fourth-order valence-corrected chi connectivity index (χ4v) is 3.52. The van der Waals surface area contributed by atoms with Gasteiger partial charge in [0.25, 0.3) is 0 Å². The summed E-state index contributed by atoms with van der Waals surface area (Å²) < 4.78 is 0. The van der Waals surface area contributed by atoms with Crippen LogP contribution in [0.15, 0.2) is 30.3 Å². The average Bonchev–Trinajstić information content (AvgIpc) is 2.95. The number of rotatable bonds is 6. The summed E-state index contributed by atoms with van der Waals surface area (Å²) in [7, 11) is 0. The van der Waals surface area contributed by atoms with Crippen LogP contribution >= 0.6 is 11.8 Å². The second kappa shape index (κ2) is 8.29. The Morgan fingerprint density at radius 1 is 1.38 bits per heavy atom. The zero-order valence-corrected chi connectivity index (χ0v) is 13.3. The van der Waals surface area contributed by atoms with Crippen molar-refractivity contribution in [1.29, 1.82) is 0 Å². The molecule has 0 aliphatic heterocycles. The van der Waals surface area contributed by atoms with Gasteiger partial charge in [0.15, 0.2) is 0 Å². The standard InChI is InChI=1S/C16H24N2O2S/c1-21-15-8-7-14(11-15)17-16(20)18(9-10-19)12-13-5-3-2-4-6-13/h2-6,14-15,19H,7-12H2,1H3,(H,17,20). The van der Waals surface area contributed by atoms with E-state index in [1.807, 2.05) is 42.1 Å². The second-order valence-electron chi connectivity index (χ2n) is 5.45. The number of nitrogens with zero attached hydrogens (tertiary/aromatic N) is 1.